The molecule has 1 atom stereocenters. The van der Waals surface area contributed by atoms with Crippen molar-refractivity contribution >= 4 is 28.8 Å². The summed E-state index contributed by atoms with van der Waals surface area (Å²) in [6.07, 6.45) is 1.67. The number of hydrogen-bond acceptors (Lipinski definition) is 7. The average Bonchev–Trinajstić information content (AvgIpc) is 2.99. The van der Waals surface area contributed by atoms with Crippen molar-refractivity contribution in [1.82, 2.24) is 10.2 Å². The van der Waals surface area contributed by atoms with Gasteiger partial charge in [0.2, 0.25) is 0 Å². The van der Waals surface area contributed by atoms with Crippen LogP contribution in [0.3, 0.4) is 0 Å². The lowest BCUT2D eigenvalue weighted by Gasteiger charge is -2.34. The number of anilines is 3. The van der Waals surface area contributed by atoms with Crippen molar-refractivity contribution < 1.29 is 18.3 Å². The normalized spacial score (nSPS) is 17.1. The Hall–Kier alpha value is -4.02. The van der Waals surface area contributed by atoms with Crippen LogP contribution in [0.15, 0.2) is 60.7 Å². The first-order valence-corrected chi connectivity index (χ1v) is 14.4. The minimum absolute atomic E-state index is 0.167. The molecule has 0 saturated carbocycles. The third-order valence-corrected chi connectivity index (χ3v) is 8.09. The van der Waals surface area contributed by atoms with E-state index in [1.54, 1.807) is 30.3 Å². The number of nitrogen functional groups attached to an aromatic ring is 1. The van der Waals surface area contributed by atoms with Gasteiger partial charge in [-0.05, 0) is 73.5 Å². The van der Waals surface area contributed by atoms with Crippen molar-refractivity contribution in [1.29, 1.82) is 5.41 Å². The van der Waals surface area contributed by atoms with E-state index in [-0.39, 0.29) is 23.1 Å². The topological polar surface area (TPSA) is 107 Å². The molecule has 3 aromatic carbocycles. The van der Waals surface area contributed by atoms with Gasteiger partial charge in [-0.1, -0.05) is 18.2 Å². The van der Waals surface area contributed by atoms with Crippen molar-refractivity contribution in [3.05, 3.63) is 88.7 Å². The molecular formula is C32H38F2N6O2. The van der Waals surface area contributed by atoms with Gasteiger partial charge in [-0.15, -0.1) is 0 Å². The molecule has 2 aliphatic heterocycles. The third kappa shape index (κ3) is 6.88. The molecule has 5 rings (SSSR count). The maximum Gasteiger partial charge on any atom is 0.258 e. The summed E-state index contributed by atoms with van der Waals surface area (Å²) in [7, 11) is 2.11. The van der Waals surface area contributed by atoms with Gasteiger partial charge in [0.15, 0.2) is 0 Å². The molecule has 2 aliphatic rings. The zero-order valence-electron chi connectivity index (χ0n) is 23.8. The van der Waals surface area contributed by atoms with Crippen LogP contribution in [0.5, 0.6) is 0 Å². The summed E-state index contributed by atoms with van der Waals surface area (Å²) in [5.74, 6) is -1.83. The highest BCUT2D eigenvalue weighted by Crippen LogP contribution is 2.30. The zero-order valence-corrected chi connectivity index (χ0v) is 23.8. The van der Waals surface area contributed by atoms with Crippen molar-refractivity contribution in [3.8, 4) is 0 Å². The summed E-state index contributed by atoms with van der Waals surface area (Å²) in [6, 6.07) is 16.5. The van der Waals surface area contributed by atoms with E-state index in [9.17, 15) is 13.6 Å². The van der Waals surface area contributed by atoms with Gasteiger partial charge in [0.05, 0.1) is 5.56 Å². The van der Waals surface area contributed by atoms with Crippen molar-refractivity contribution in [2.24, 2.45) is 0 Å². The fourth-order valence-corrected chi connectivity index (χ4v) is 5.52. The number of nitrogens with zero attached hydrogens (tertiary/aromatic N) is 2. The van der Waals surface area contributed by atoms with Gasteiger partial charge in [0, 0.05) is 74.0 Å². The van der Waals surface area contributed by atoms with Gasteiger partial charge in [0.25, 0.3) is 5.91 Å². The van der Waals surface area contributed by atoms with Crippen LogP contribution in [0.1, 0.15) is 45.8 Å². The van der Waals surface area contributed by atoms with Crippen molar-refractivity contribution in [2.75, 3.05) is 69.1 Å². The minimum Gasteiger partial charge on any atom is -0.398 e. The van der Waals surface area contributed by atoms with Crippen LogP contribution < -0.4 is 21.3 Å². The molecule has 1 amide bonds. The monoisotopic (exact) mass is 576 g/mol. The van der Waals surface area contributed by atoms with Gasteiger partial charge in [-0.3, -0.25) is 14.6 Å². The molecule has 0 aliphatic carbocycles. The van der Waals surface area contributed by atoms with E-state index in [1.807, 2.05) is 12.1 Å². The summed E-state index contributed by atoms with van der Waals surface area (Å²) >= 11 is 0. The zero-order chi connectivity index (χ0) is 29.6. The molecule has 0 spiro atoms. The number of piperazine rings is 1. The maximum atomic E-state index is 14.2. The lowest BCUT2D eigenvalue weighted by molar-refractivity contribution is 0.0904. The molecular weight excluding hydrogens is 538 g/mol. The molecule has 2 heterocycles. The Morgan fingerprint density at radius 1 is 1.02 bits per heavy atom. The number of likely N-dealkylation sites (N-methyl/N-ethyl adjacent to an activating group) is 1. The fraction of sp³-hybridized carbons (Fsp3) is 0.375. The van der Waals surface area contributed by atoms with Crippen molar-refractivity contribution in [3.63, 3.8) is 0 Å². The summed E-state index contributed by atoms with van der Waals surface area (Å²) in [4.78, 5) is 18.2. The number of hydrogen-bond donors (Lipinski definition) is 4. The molecule has 0 aromatic heterocycles. The Labute approximate surface area is 245 Å². The Balaban J connectivity index is 1.38. The lowest BCUT2D eigenvalue weighted by Crippen LogP contribution is -2.44. The smallest absolute Gasteiger partial charge is 0.258 e. The maximum absolute atomic E-state index is 14.2. The number of nitrogens with two attached hydrogens (primary N) is 1. The summed E-state index contributed by atoms with van der Waals surface area (Å²) < 4.78 is 33.5. The van der Waals surface area contributed by atoms with Crippen LogP contribution in [0.4, 0.5) is 25.8 Å². The molecule has 0 radical (unpaired) electrons. The number of nitrogens with one attached hydrogen (secondary N) is 3. The highest BCUT2D eigenvalue weighted by molar-refractivity contribution is 6.15. The van der Waals surface area contributed by atoms with E-state index in [0.717, 1.165) is 44.7 Å². The predicted octanol–water partition coefficient (Wildman–Crippen LogP) is 4.61. The Bertz CT molecular complexity index is 1420. The second-order valence-electron chi connectivity index (χ2n) is 11.0. The number of halogens is 2. The SMILES string of the molecule is CN1CCN(c2ccc(C(=O)NC(=N)c3cc(C(CF)c4cccc(F)c4)ccc3N)c(NC3CCOCC3)c2)CC1. The molecule has 222 valence electrons. The number of carbonyl (C=O) groups excluding carboxylic acids is 1. The van der Waals surface area contributed by atoms with Gasteiger partial charge >= 0.3 is 0 Å². The van der Waals surface area contributed by atoms with E-state index in [2.05, 4.69) is 27.5 Å². The summed E-state index contributed by atoms with van der Waals surface area (Å²) in [6.45, 7) is 4.28. The first-order valence-electron chi connectivity index (χ1n) is 14.4. The van der Waals surface area contributed by atoms with E-state index < -0.39 is 24.3 Å². The number of amidine groups is 1. The van der Waals surface area contributed by atoms with Crippen LogP contribution in [0.2, 0.25) is 0 Å². The highest BCUT2D eigenvalue weighted by Gasteiger charge is 2.23. The number of alkyl halides is 1. The first-order chi connectivity index (χ1) is 20.3. The van der Waals surface area contributed by atoms with E-state index >= 15 is 0 Å². The number of ether oxygens (including phenoxy) is 1. The first kappa shape index (κ1) is 29.5. The highest BCUT2D eigenvalue weighted by atomic mass is 19.1. The predicted molar refractivity (Wildman–Crippen MR) is 163 cm³/mol. The Morgan fingerprint density at radius 2 is 1.76 bits per heavy atom. The van der Waals surface area contributed by atoms with E-state index in [0.29, 0.717) is 35.6 Å². The van der Waals surface area contributed by atoms with Gasteiger partial charge in [-0.2, -0.15) is 0 Å². The summed E-state index contributed by atoms with van der Waals surface area (Å²) in [5.41, 5.74) is 9.90. The molecule has 10 heteroatoms. The molecule has 2 fully saturated rings. The fourth-order valence-electron chi connectivity index (χ4n) is 5.52. The minimum atomic E-state index is -0.757. The molecule has 8 nitrogen and oxygen atoms in total. The van der Waals surface area contributed by atoms with Gasteiger partial charge in [-0.25, -0.2) is 4.39 Å². The standard InChI is InChI=1S/C32H38F2N6O2/c1-39-11-13-40(14-12-39)25-6-7-26(30(19-25)37-24-9-15-42-16-10-24)32(41)38-31(36)27-18-22(5-8-29(27)35)28(20-33)21-3-2-4-23(34)17-21/h2-8,17-19,24,28,37H,9-16,20,35H2,1H3,(H2,36,38,41). The average molecular weight is 577 g/mol. The molecule has 1 unspecified atom stereocenters. The largest absolute Gasteiger partial charge is 0.398 e. The quantitative estimate of drug-likeness (QED) is 0.177. The van der Waals surface area contributed by atoms with Crippen LogP contribution in [-0.2, 0) is 4.74 Å². The lowest BCUT2D eigenvalue weighted by atomic mass is 9.90. The van der Waals surface area contributed by atoms with Gasteiger partial charge in [0.1, 0.15) is 18.3 Å². The number of amides is 1. The van der Waals surface area contributed by atoms with E-state index in [4.69, 9.17) is 15.9 Å². The van der Waals surface area contributed by atoms with Gasteiger partial charge < -0.3 is 30.9 Å². The van der Waals surface area contributed by atoms with Crippen LogP contribution >= 0.6 is 0 Å². The molecule has 42 heavy (non-hydrogen) atoms. The number of carbonyl (C=O) groups is 1. The number of rotatable bonds is 8. The second-order valence-corrected chi connectivity index (χ2v) is 11.0. The second kappa shape index (κ2) is 13.3. The number of benzene rings is 3. The van der Waals surface area contributed by atoms with Crippen LogP contribution in [0, 0.1) is 11.2 Å². The Morgan fingerprint density at radius 3 is 2.48 bits per heavy atom. The Kier molecular flexibility index (Phi) is 9.34. The van der Waals surface area contributed by atoms with Crippen LogP contribution in [0.25, 0.3) is 0 Å². The third-order valence-electron chi connectivity index (χ3n) is 8.09. The molecule has 0 bridgehead atoms. The molecule has 3 aromatic rings. The molecule has 2 saturated heterocycles. The van der Waals surface area contributed by atoms with E-state index in [1.165, 1.54) is 18.2 Å². The van der Waals surface area contributed by atoms with Crippen LogP contribution in [-0.4, -0.2) is 75.8 Å². The van der Waals surface area contributed by atoms with Crippen molar-refractivity contribution in [2.45, 2.75) is 24.8 Å². The summed E-state index contributed by atoms with van der Waals surface area (Å²) in [5, 5.41) is 15.0. The molecule has 5 N–H and O–H groups in total.